The molecule has 0 heterocycles. The highest BCUT2D eigenvalue weighted by Gasteiger charge is 2.02. The molecule has 0 aromatic heterocycles. The first-order chi connectivity index (χ1) is 9.69. The van der Waals surface area contributed by atoms with Crippen molar-refractivity contribution in [2.45, 2.75) is 6.54 Å². The fraction of sp³-hybridized carbons (Fsp3) is 0.125. The number of anilines is 1. The summed E-state index contributed by atoms with van der Waals surface area (Å²) in [6.45, 7) is 4.87. The van der Waals surface area contributed by atoms with Crippen LogP contribution in [0.3, 0.4) is 0 Å². The van der Waals surface area contributed by atoms with Gasteiger partial charge in [0.1, 0.15) is 12.4 Å². The molecule has 0 unspecified atom stereocenters. The van der Waals surface area contributed by atoms with Gasteiger partial charge in [-0.15, -0.1) is 0 Å². The minimum Gasteiger partial charge on any atom is -0.488 e. The third kappa shape index (κ3) is 4.29. The van der Waals surface area contributed by atoms with E-state index < -0.39 is 0 Å². The Kier molecular flexibility index (Phi) is 5.50. The molecule has 0 aliphatic carbocycles. The number of halogens is 2. The quantitative estimate of drug-likeness (QED) is 0.714. The summed E-state index contributed by atoms with van der Waals surface area (Å²) in [5.74, 6) is 0.820. The Bertz CT molecular complexity index is 584. The molecular formula is C16H15BrClNO. The Morgan fingerprint density at radius 2 is 1.95 bits per heavy atom. The SMILES string of the molecule is C=CCOc1ccc(CNc2ccc(Cl)cc2)cc1Br. The minimum atomic E-state index is 0.501. The zero-order chi connectivity index (χ0) is 14.4. The Hall–Kier alpha value is -1.45. The van der Waals surface area contributed by atoms with Crippen LogP contribution in [0.25, 0.3) is 0 Å². The first-order valence-electron chi connectivity index (χ1n) is 6.20. The van der Waals surface area contributed by atoms with Crippen LogP contribution in [-0.2, 0) is 6.54 Å². The summed E-state index contributed by atoms with van der Waals surface area (Å²) < 4.78 is 6.46. The maximum Gasteiger partial charge on any atom is 0.133 e. The third-order valence-electron chi connectivity index (χ3n) is 2.69. The van der Waals surface area contributed by atoms with Gasteiger partial charge in [-0.2, -0.15) is 0 Å². The van der Waals surface area contributed by atoms with Gasteiger partial charge in [-0.05, 0) is 57.9 Å². The molecule has 0 aliphatic rings. The molecule has 4 heteroatoms. The lowest BCUT2D eigenvalue weighted by Crippen LogP contribution is -2.00. The second-order valence-corrected chi connectivity index (χ2v) is 5.52. The van der Waals surface area contributed by atoms with E-state index in [4.69, 9.17) is 16.3 Å². The van der Waals surface area contributed by atoms with Crippen molar-refractivity contribution in [2.75, 3.05) is 11.9 Å². The van der Waals surface area contributed by atoms with Crippen LogP contribution in [0, 0.1) is 0 Å². The molecule has 0 saturated heterocycles. The van der Waals surface area contributed by atoms with Gasteiger partial charge in [0.15, 0.2) is 0 Å². The van der Waals surface area contributed by atoms with Crippen LogP contribution in [-0.4, -0.2) is 6.61 Å². The fourth-order valence-corrected chi connectivity index (χ4v) is 2.36. The molecule has 2 aromatic rings. The van der Waals surface area contributed by atoms with Crippen LogP contribution in [0.15, 0.2) is 59.6 Å². The molecular weight excluding hydrogens is 338 g/mol. The summed E-state index contributed by atoms with van der Waals surface area (Å²) in [6, 6.07) is 13.7. The molecule has 1 N–H and O–H groups in total. The molecule has 0 fully saturated rings. The zero-order valence-electron chi connectivity index (χ0n) is 10.9. The van der Waals surface area contributed by atoms with E-state index >= 15 is 0 Å². The summed E-state index contributed by atoms with van der Waals surface area (Å²) >= 11 is 9.36. The summed E-state index contributed by atoms with van der Waals surface area (Å²) in [4.78, 5) is 0. The Morgan fingerprint density at radius 3 is 2.60 bits per heavy atom. The molecule has 0 spiro atoms. The third-order valence-corrected chi connectivity index (χ3v) is 3.57. The number of hydrogen-bond donors (Lipinski definition) is 1. The van der Waals surface area contributed by atoms with Crippen LogP contribution in [0.2, 0.25) is 5.02 Å². The summed E-state index contributed by atoms with van der Waals surface area (Å²) in [5, 5.41) is 4.08. The van der Waals surface area contributed by atoms with Gasteiger partial charge in [-0.3, -0.25) is 0 Å². The van der Waals surface area contributed by atoms with Gasteiger partial charge in [0.25, 0.3) is 0 Å². The van der Waals surface area contributed by atoms with E-state index in [1.807, 2.05) is 42.5 Å². The lowest BCUT2D eigenvalue weighted by atomic mass is 10.2. The largest absolute Gasteiger partial charge is 0.488 e. The van der Waals surface area contributed by atoms with Gasteiger partial charge in [-0.25, -0.2) is 0 Å². The first kappa shape index (κ1) is 14.9. The lowest BCUT2D eigenvalue weighted by molar-refractivity contribution is 0.361. The van der Waals surface area contributed by atoms with Crippen molar-refractivity contribution in [2.24, 2.45) is 0 Å². The average molecular weight is 353 g/mol. The van der Waals surface area contributed by atoms with E-state index in [1.165, 1.54) is 0 Å². The summed E-state index contributed by atoms with van der Waals surface area (Å²) in [5.41, 5.74) is 2.20. The topological polar surface area (TPSA) is 21.3 Å². The summed E-state index contributed by atoms with van der Waals surface area (Å²) in [6.07, 6.45) is 1.72. The van der Waals surface area contributed by atoms with Crippen molar-refractivity contribution in [3.05, 3.63) is 70.2 Å². The van der Waals surface area contributed by atoms with Gasteiger partial charge in [0.2, 0.25) is 0 Å². The standard InChI is InChI=1S/C16H15BrClNO/c1-2-9-20-16-8-3-12(10-15(16)17)11-19-14-6-4-13(18)5-7-14/h2-8,10,19H,1,9,11H2. The van der Waals surface area contributed by atoms with Crippen molar-refractivity contribution >= 4 is 33.2 Å². The van der Waals surface area contributed by atoms with Gasteiger partial charge < -0.3 is 10.1 Å². The molecule has 0 bridgehead atoms. The molecule has 2 nitrogen and oxygen atoms in total. The highest BCUT2D eigenvalue weighted by molar-refractivity contribution is 9.10. The van der Waals surface area contributed by atoms with Crippen molar-refractivity contribution < 1.29 is 4.74 Å². The highest BCUT2D eigenvalue weighted by Crippen LogP contribution is 2.26. The second kappa shape index (κ2) is 7.36. The van der Waals surface area contributed by atoms with Gasteiger partial charge in [0.05, 0.1) is 4.47 Å². The number of benzene rings is 2. The van der Waals surface area contributed by atoms with Crippen LogP contribution in [0.4, 0.5) is 5.69 Å². The van der Waals surface area contributed by atoms with Crippen LogP contribution >= 0.6 is 27.5 Å². The van der Waals surface area contributed by atoms with E-state index in [0.717, 1.165) is 33.0 Å². The van der Waals surface area contributed by atoms with Crippen LogP contribution < -0.4 is 10.1 Å². The molecule has 0 aliphatic heterocycles. The Labute approximate surface area is 132 Å². The van der Waals surface area contributed by atoms with E-state index in [2.05, 4.69) is 27.8 Å². The predicted octanol–water partition coefficient (Wildman–Crippen LogP) is 5.28. The Balaban J connectivity index is 1.97. The summed E-state index contributed by atoms with van der Waals surface area (Å²) in [7, 11) is 0. The molecule has 0 amide bonds. The first-order valence-corrected chi connectivity index (χ1v) is 7.37. The Morgan fingerprint density at radius 1 is 1.20 bits per heavy atom. The van der Waals surface area contributed by atoms with E-state index in [0.29, 0.717) is 6.61 Å². The molecule has 0 saturated carbocycles. The number of nitrogens with one attached hydrogen (secondary N) is 1. The van der Waals surface area contributed by atoms with Crippen LogP contribution in [0.5, 0.6) is 5.75 Å². The predicted molar refractivity (Wildman–Crippen MR) is 88.6 cm³/mol. The molecule has 20 heavy (non-hydrogen) atoms. The molecule has 0 atom stereocenters. The van der Waals surface area contributed by atoms with Crippen molar-refractivity contribution in [3.8, 4) is 5.75 Å². The zero-order valence-corrected chi connectivity index (χ0v) is 13.2. The van der Waals surface area contributed by atoms with Crippen molar-refractivity contribution in [1.29, 1.82) is 0 Å². The minimum absolute atomic E-state index is 0.501. The fourth-order valence-electron chi connectivity index (χ4n) is 1.69. The lowest BCUT2D eigenvalue weighted by Gasteiger charge is -2.10. The maximum absolute atomic E-state index is 5.85. The van der Waals surface area contributed by atoms with Gasteiger partial charge in [-0.1, -0.05) is 30.3 Å². The number of hydrogen-bond acceptors (Lipinski definition) is 2. The molecule has 2 rings (SSSR count). The smallest absolute Gasteiger partial charge is 0.133 e. The second-order valence-electron chi connectivity index (χ2n) is 4.22. The van der Waals surface area contributed by atoms with E-state index in [9.17, 15) is 0 Å². The molecule has 2 aromatic carbocycles. The number of rotatable bonds is 6. The normalized spacial score (nSPS) is 10.1. The molecule has 0 radical (unpaired) electrons. The van der Waals surface area contributed by atoms with Gasteiger partial charge in [0, 0.05) is 17.3 Å². The van der Waals surface area contributed by atoms with Crippen LogP contribution in [0.1, 0.15) is 5.56 Å². The molecule has 104 valence electrons. The van der Waals surface area contributed by atoms with E-state index in [1.54, 1.807) is 6.08 Å². The number of ether oxygens (including phenoxy) is 1. The average Bonchev–Trinajstić information content (AvgIpc) is 2.46. The van der Waals surface area contributed by atoms with Gasteiger partial charge >= 0.3 is 0 Å². The van der Waals surface area contributed by atoms with E-state index in [-0.39, 0.29) is 0 Å². The van der Waals surface area contributed by atoms with Crippen molar-refractivity contribution in [3.63, 3.8) is 0 Å². The maximum atomic E-state index is 5.85. The highest BCUT2D eigenvalue weighted by atomic mass is 79.9. The monoisotopic (exact) mass is 351 g/mol. The van der Waals surface area contributed by atoms with Crippen molar-refractivity contribution in [1.82, 2.24) is 0 Å².